The Morgan fingerprint density at radius 2 is 2.08 bits per heavy atom. The van der Waals surface area contributed by atoms with Crippen molar-refractivity contribution in [2.24, 2.45) is 5.73 Å². The van der Waals surface area contributed by atoms with Gasteiger partial charge in [-0.15, -0.1) is 0 Å². The molecule has 2 N–H and O–H groups in total. The van der Waals surface area contributed by atoms with Crippen LogP contribution in [0.2, 0.25) is 0 Å². The van der Waals surface area contributed by atoms with Gasteiger partial charge >= 0.3 is 13.1 Å². The molecule has 1 aromatic carbocycles. The van der Waals surface area contributed by atoms with E-state index in [1.165, 1.54) is 12.1 Å². The van der Waals surface area contributed by atoms with E-state index in [0.29, 0.717) is 24.8 Å². The quantitative estimate of drug-likeness (QED) is 0.352. The Bertz CT molecular complexity index is 648. The molecule has 1 heterocycles. The van der Waals surface area contributed by atoms with Crippen LogP contribution in [0, 0.1) is 10.1 Å². The number of nitro benzene ring substituents is 1. The number of carbonyl (C=O) groups excluding carboxylic acids is 1. The zero-order valence-corrected chi connectivity index (χ0v) is 15.3. The van der Waals surface area contributed by atoms with Crippen LogP contribution in [0.25, 0.3) is 0 Å². The van der Waals surface area contributed by atoms with Gasteiger partial charge in [0.2, 0.25) is 0 Å². The van der Waals surface area contributed by atoms with Gasteiger partial charge in [0.1, 0.15) is 5.60 Å². The third-order valence-electron chi connectivity index (χ3n) is 3.81. The summed E-state index contributed by atoms with van der Waals surface area (Å²) in [6, 6.07) is 6.10. The summed E-state index contributed by atoms with van der Waals surface area (Å²) < 4.78 is 17.1. The molecule has 142 valence electrons. The Morgan fingerprint density at radius 1 is 1.38 bits per heavy atom. The molecule has 2 atom stereocenters. The largest absolute Gasteiger partial charge is 0.494 e. The lowest BCUT2D eigenvalue weighted by Crippen LogP contribution is -2.49. The van der Waals surface area contributed by atoms with E-state index < -0.39 is 23.7 Å². The van der Waals surface area contributed by atoms with Gasteiger partial charge in [-0.2, -0.15) is 0 Å². The maximum atomic E-state index is 12.1. The number of nitrogens with two attached hydrogens (primary N) is 1. The number of carbonyl (C=O) groups is 1. The number of ether oxygens (including phenoxy) is 1. The highest BCUT2D eigenvalue weighted by Gasteiger charge is 2.37. The van der Waals surface area contributed by atoms with Gasteiger partial charge in [0.05, 0.1) is 17.4 Å². The molecule has 0 aromatic heterocycles. The molecule has 8 nitrogen and oxygen atoms in total. The average Bonchev–Trinajstić information content (AvgIpc) is 2.53. The fraction of sp³-hybridized carbons (Fsp3) is 0.588. The second-order valence-corrected chi connectivity index (χ2v) is 7.30. The van der Waals surface area contributed by atoms with Crippen molar-refractivity contribution in [2.45, 2.75) is 57.8 Å². The van der Waals surface area contributed by atoms with Crippen LogP contribution in [0.5, 0.6) is 0 Å². The molecule has 9 heteroatoms. The van der Waals surface area contributed by atoms with Gasteiger partial charge in [0, 0.05) is 18.2 Å². The maximum Gasteiger partial charge on any atom is 0.494 e. The average molecular weight is 364 g/mol. The number of rotatable bonds is 6. The normalized spacial score (nSPS) is 20.7. The van der Waals surface area contributed by atoms with Gasteiger partial charge in [-0.1, -0.05) is 12.1 Å². The monoisotopic (exact) mass is 364 g/mol. The predicted molar refractivity (Wildman–Crippen MR) is 97.0 cm³/mol. The van der Waals surface area contributed by atoms with Crippen molar-refractivity contribution in [2.75, 3.05) is 6.54 Å². The van der Waals surface area contributed by atoms with Gasteiger partial charge in [0.25, 0.3) is 5.69 Å². The molecule has 26 heavy (non-hydrogen) atoms. The third-order valence-corrected chi connectivity index (χ3v) is 3.81. The van der Waals surface area contributed by atoms with Crippen molar-refractivity contribution in [3.63, 3.8) is 0 Å². The summed E-state index contributed by atoms with van der Waals surface area (Å²) in [5.41, 5.74) is 5.56. The molecule has 2 rings (SSSR count). The molecule has 0 amide bonds. The molecule has 0 bridgehead atoms. The van der Waals surface area contributed by atoms with Gasteiger partial charge < -0.3 is 19.8 Å². The van der Waals surface area contributed by atoms with Gasteiger partial charge in [-0.05, 0) is 45.6 Å². The molecule has 2 unspecified atom stereocenters. The van der Waals surface area contributed by atoms with E-state index >= 15 is 0 Å². The molecular weight excluding hydrogens is 339 g/mol. The zero-order chi connectivity index (χ0) is 19.3. The highest BCUT2D eigenvalue weighted by molar-refractivity contribution is 6.61. The Kier molecular flexibility index (Phi) is 6.74. The standard InChI is InChI=1S/C17H25BN2O6/c1-17(2,3)24-16(21)11-15-10-14(7-8-19)25-18(26-15)12-5-4-6-13(9-12)20(22)23/h4-6,9,14-15H,7-8,10-11,19H2,1-3H3. The van der Waals surface area contributed by atoms with Gasteiger partial charge in [0.15, 0.2) is 0 Å². The van der Waals surface area contributed by atoms with E-state index in [0.717, 1.165) is 0 Å². The fourth-order valence-electron chi connectivity index (χ4n) is 2.80. The Hall–Kier alpha value is -1.97. The van der Waals surface area contributed by atoms with Crippen LogP contribution in [-0.2, 0) is 18.8 Å². The fourth-order valence-corrected chi connectivity index (χ4v) is 2.80. The second-order valence-electron chi connectivity index (χ2n) is 7.30. The van der Waals surface area contributed by atoms with Gasteiger partial charge in [-0.3, -0.25) is 14.9 Å². The van der Waals surface area contributed by atoms with E-state index in [2.05, 4.69) is 0 Å². The molecular formula is C17H25BN2O6. The van der Waals surface area contributed by atoms with Crippen LogP contribution in [0.15, 0.2) is 24.3 Å². The van der Waals surface area contributed by atoms with Crippen LogP contribution in [0.3, 0.4) is 0 Å². The van der Waals surface area contributed by atoms with Crippen LogP contribution in [0.4, 0.5) is 5.69 Å². The van der Waals surface area contributed by atoms with E-state index in [4.69, 9.17) is 19.8 Å². The summed E-state index contributed by atoms with van der Waals surface area (Å²) in [6.45, 7) is 5.85. The van der Waals surface area contributed by atoms with Crippen LogP contribution >= 0.6 is 0 Å². The van der Waals surface area contributed by atoms with Crippen molar-refractivity contribution < 1.29 is 23.8 Å². The van der Waals surface area contributed by atoms with Crippen molar-refractivity contribution in [1.29, 1.82) is 0 Å². The molecule has 1 aliphatic rings. The number of non-ortho nitro benzene ring substituents is 1. The topological polar surface area (TPSA) is 114 Å². The molecule has 0 saturated carbocycles. The Labute approximate surface area is 153 Å². The molecule has 1 saturated heterocycles. The first-order chi connectivity index (χ1) is 12.2. The minimum absolute atomic E-state index is 0.0423. The van der Waals surface area contributed by atoms with Crippen molar-refractivity contribution in [3.8, 4) is 0 Å². The van der Waals surface area contributed by atoms with E-state index in [9.17, 15) is 14.9 Å². The molecule has 0 aliphatic carbocycles. The SMILES string of the molecule is CC(C)(C)OC(=O)CC1CC(CCN)OB(c2cccc([N+](=O)[O-])c2)O1. The maximum absolute atomic E-state index is 12.1. The number of hydrogen-bond acceptors (Lipinski definition) is 7. The van der Waals surface area contributed by atoms with Crippen LogP contribution < -0.4 is 11.2 Å². The first-order valence-corrected chi connectivity index (χ1v) is 8.65. The highest BCUT2D eigenvalue weighted by Crippen LogP contribution is 2.23. The molecule has 0 spiro atoms. The lowest BCUT2D eigenvalue weighted by molar-refractivity contribution is -0.384. The molecule has 1 aliphatic heterocycles. The highest BCUT2D eigenvalue weighted by atomic mass is 16.6. The zero-order valence-electron chi connectivity index (χ0n) is 15.3. The predicted octanol–water partition coefficient (Wildman–Crippen LogP) is 1.54. The van der Waals surface area contributed by atoms with Gasteiger partial charge in [-0.25, -0.2) is 0 Å². The van der Waals surface area contributed by atoms with Crippen LogP contribution in [0.1, 0.15) is 40.0 Å². The Balaban J connectivity index is 2.12. The minimum atomic E-state index is -0.785. The summed E-state index contributed by atoms with van der Waals surface area (Å²) in [5, 5.41) is 11.0. The van der Waals surface area contributed by atoms with Crippen molar-refractivity contribution in [3.05, 3.63) is 34.4 Å². The first-order valence-electron chi connectivity index (χ1n) is 8.65. The summed E-state index contributed by atoms with van der Waals surface area (Å²) in [7, 11) is -0.785. The lowest BCUT2D eigenvalue weighted by atomic mass is 9.76. The Morgan fingerprint density at radius 3 is 2.69 bits per heavy atom. The number of nitro groups is 1. The molecule has 1 fully saturated rings. The lowest BCUT2D eigenvalue weighted by Gasteiger charge is -2.34. The smallest absolute Gasteiger partial charge is 0.460 e. The summed E-state index contributed by atoms with van der Waals surface area (Å²) in [4.78, 5) is 22.6. The minimum Gasteiger partial charge on any atom is -0.460 e. The van der Waals surface area contributed by atoms with E-state index in [1.54, 1.807) is 32.9 Å². The van der Waals surface area contributed by atoms with Crippen LogP contribution in [-0.4, -0.2) is 42.4 Å². The third kappa shape index (κ3) is 6.08. The van der Waals surface area contributed by atoms with Crippen molar-refractivity contribution >= 4 is 24.2 Å². The molecule has 1 aromatic rings. The second kappa shape index (κ2) is 8.61. The van der Waals surface area contributed by atoms with Crippen molar-refractivity contribution in [1.82, 2.24) is 0 Å². The molecule has 0 radical (unpaired) electrons. The number of benzene rings is 1. The number of esters is 1. The summed E-state index contributed by atoms with van der Waals surface area (Å²) in [6.07, 6.45) is 0.624. The number of hydrogen-bond donors (Lipinski definition) is 1. The summed E-state index contributed by atoms with van der Waals surface area (Å²) in [5.74, 6) is -0.353. The number of nitrogens with zero attached hydrogens (tertiary/aromatic N) is 1. The van der Waals surface area contributed by atoms with E-state index in [1.807, 2.05) is 0 Å². The summed E-state index contributed by atoms with van der Waals surface area (Å²) >= 11 is 0. The first kappa shape index (κ1) is 20.3. The van der Waals surface area contributed by atoms with E-state index in [-0.39, 0.29) is 24.2 Å².